The molecule has 1 N–H and O–H groups in total. The number of hydrogen-bond donors (Lipinski definition) is 1. The van der Waals surface area contributed by atoms with Crippen LogP contribution in [0.3, 0.4) is 0 Å². The van der Waals surface area contributed by atoms with Crippen molar-refractivity contribution in [3.63, 3.8) is 0 Å². The quantitative estimate of drug-likeness (QED) is 0.696. The van der Waals surface area contributed by atoms with Gasteiger partial charge in [0.05, 0.1) is 0 Å². The normalized spacial score (nSPS) is 21.2. The van der Waals surface area contributed by atoms with E-state index in [0.29, 0.717) is 12.5 Å². The highest BCUT2D eigenvalue weighted by Crippen LogP contribution is 2.31. The lowest BCUT2D eigenvalue weighted by molar-refractivity contribution is 0.253. The average molecular weight is 176 g/mol. The molecule has 0 aromatic heterocycles. The maximum atomic E-state index is 9.23. The van der Waals surface area contributed by atoms with Crippen LogP contribution in [-0.4, -0.2) is 11.7 Å². The van der Waals surface area contributed by atoms with Gasteiger partial charge < -0.3 is 5.11 Å². The highest BCUT2D eigenvalue weighted by Gasteiger charge is 2.18. The maximum Gasteiger partial charge on any atom is 0.0499 e. The summed E-state index contributed by atoms with van der Waals surface area (Å²) in [5.41, 5.74) is 4.13. The summed E-state index contributed by atoms with van der Waals surface area (Å²) in [5, 5.41) is 9.23. The lowest BCUT2D eigenvalue weighted by Crippen LogP contribution is -2.13. The Morgan fingerprint density at radius 1 is 1.46 bits per heavy atom. The van der Waals surface area contributed by atoms with Crippen molar-refractivity contribution in [2.45, 2.75) is 32.1 Å². The van der Waals surface area contributed by atoms with E-state index in [1.165, 1.54) is 29.5 Å². The van der Waals surface area contributed by atoms with Crippen molar-refractivity contribution >= 4 is 0 Å². The monoisotopic (exact) mass is 176 g/mol. The third kappa shape index (κ3) is 1.61. The number of fused-ring (bicyclic) bond motifs is 1. The Bertz CT molecular complexity index is 304. The first kappa shape index (κ1) is 8.76. The van der Waals surface area contributed by atoms with Gasteiger partial charge in [0.25, 0.3) is 0 Å². The van der Waals surface area contributed by atoms with Gasteiger partial charge in [0.2, 0.25) is 0 Å². The van der Waals surface area contributed by atoms with Gasteiger partial charge in [-0.25, -0.2) is 0 Å². The second-order valence-electron chi connectivity index (χ2n) is 3.97. The van der Waals surface area contributed by atoms with Crippen molar-refractivity contribution in [3.8, 4) is 0 Å². The molecule has 13 heavy (non-hydrogen) atoms. The zero-order valence-corrected chi connectivity index (χ0v) is 8.09. The summed E-state index contributed by atoms with van der Waals surface area (Å²) in [5.74, 6) is 0.392. The van der Waals surface area contributed by atoms with Crippen molar-refractivity contribution in [2.24, 2.45) is 0 Å². The second-order valence-corrected chi connectivity index (χ2v) is 3.97. The molecule has 1 aromatic rings. The van der Waals surface area contributed by atoms with Gasteiger partial charge in [0.1, 0.15) is 0 Å². The summed E-state index contributed by atoms with van der Waals surface area (Å²) in [6, 6.07) is 6.61. The summed E-state index contributed by atoms with van der Waals surface area (Å²) < 4.78 is 0. The van der Waals surface area contributed by atoms with E-state index in [-0.39, 0.29) is 0 Å². The molecule has 70 valence electrons. The smallest absolute Gasteiger partial charge is 0.0499 e. The predicted molar refractivity (Wildman–Crippen MR) is 53.9 cm³/mol. The molecule has 1 nitrogen and oxygen atoms in total. The molecule has 0 bridgehead atoms. The topological polar surface area (TPSA) is 20.2 Å². The number of aliphatic hydroxyl groups is 1. The first-order valence-electron chi connectivity index (χ1n) is 5.01. The van der Waals surface area contributed by atoms with Gasteiger partial charge in [-0.15, -0.1) is 0 Å². The summed E-state index contributed by atoms with van der Waals surface area (Å²) in [6.45, 7) is 2.42. The van der Waals surface area contributed by atoms with Crippen LogP contribution in [-0.2, 0) is 6.42 Å². The fourth-order valence-corrected chi connectivity index (χ4v) is 2.21. The van der Waals surface area contributed by atoms with E-state index >= 15 is 0 Å². The molecule has 1 aliphatic rings. The van der Waals surface area contributed by atoms with E-state index in [1.54, 1.807) is 0 Å². The minimum absolute atomic E-state index is 0.302. The van der Waals surface area contributed by atoms with E-state index in [0.717, 1.165) is 6.42 Å². The number of aryl methyl sites for hydroxylation is 2. The van der Waals surface area contributed by atoms with Crippen LogP contribution in [0.4, 0.5) is 0 Å². The summed E-state index contributed by atoms with van der Waals surface area (Å²) >= 11 is 0. The summed E-state index contributed by atoms with van der Waals surface area (Å²) in [4.78, 5) is 0. The number of rotatable bonds is 1. The summed E-state index contributed by atoms with van der Waals surface area (Å²) in [7, 11) is 0. The van der Waals surface area contributed by atoms with Crippen LogP contribution in [0, 0.1) is 6.92 Å². The van der Waals surface area contributed by atoms with Crippen LogP contribution in [0.1, 0.15) is 35.4 Å². The minimum Gasteiger partial charge on any atom is -0.396 e. The van der Waals surface area contributed by atoms with Crippen molar-refractivity contribution in [3.05, 3.63) is 34.9 Å². The molecule has 0 radical (unpaired) electrons. The van der Waals surface area contributed by atoms with Crippen LogP contribution in [0.25, 0.3) is 0 Å². The van der Waals surface area contributed by atoms with Gasteiger partial charge in [-0.3, -0.25) is 0 Å². The molecule has 1 atom stereocenters. The highest BCUT2D eigenvalue weighted by atomic mass is 16.3. The van der Waals surface area contributed by atoms with Crippen LogP contribution in [0.5, 0.6) is 0 Å². The standard InChI is InChI=1S/C12H16O/c1-9-5-6-10-3-2-4-11(8-13)12(10)7-9/h5-7,11,13H,2-4,8H2,1H3. The SMILES string of the molecule is Cc1ccc2c(c1)C(CO)CCC2. The molecule has 2 rings (SSSR count). The van der Waals surface area contributed by atoms with Gasteiger partial charge >= 0.3 is 0 Å². The van der Waals surface area contributed by atoms with Gasteiger partial charge in [-0.05, 0) is 37.3 Å². The third-order valence-corrected chi connectivity index (χ3v) is 2.96. The number of benzene rings is 1. The zero-order valence-electron chi connectivity index (χ0n) is 8.09. The predicted octanol–water partition coefficient (Wildman–Crippen LogP) is 2.41. The fourth-order valence-electron chi connectivity index (χ4n) is 2.21. The summed E-state index contributed by atoms with van der Waals surface area (Å²) in [6.07, 6.45) is 3.56. The van der Waals surface area contributed by atoms with Crippen molar-refractivity contribution in [2.75, 3.05) is 6.61 Å². The Morgan fingerprint density at radius 3 is 3.08 bits per heavy atom. The third-order valence-electron chi connectivity index (χ3n) is 2.96. The first-order chi connectivity index (χ1) is 6.31. The van der Waals surface area contributed by atoms with Crippen LogP contribution >= 0.6 is 0 Å². The molecule has 1 unspecified atom stereocenters. The molecular weight excluding hydrogens is 160 g/mol. The first-order valence-corrected chi connectivity index (χ1v) is 5.01. The molecule has 0 saturated carbocycles. The molecule has 1 aliphatic carbocycles. The van der Waals surface area contributed by atoms with Gasteiger partial charge in [0.15, 0.2) is 0 Å². The Balaban J connectivity index is 2.41. The van der Waals surface area contributed by atoms with Crippen LogP contribution < -0.4 is 0 Å². The average Bonchev–Trinajstić information content (AvgIpc) is 2.17. The van der Waals surface area contributed by atoms with E-state index < -0.39 is 0 Å². The molecular formula is C12H16O. The van der Waals surface area contributed by atoms with Gasteiger partial charge in [-0.1, -0.05) is 23.8 Å². The molecule has 1 heteroatoms. The lowest BCUT2D eigenvalue weighted by Gasteiger charge is -2.24. The Labute approximate surface area is 79.4 Å². The Hall–Kier alpha value is -0.820. The zero-order chi connectivity index (χ0) is 9.26. The van der Waals surface area contributed by atoms with Gasteiger partial charge in [-0.2, -0.15) is 0 Å². The minimum atomic E-state index is 0.302. The molecule has 0 saturated heterocycles. The van der Waals surface area contributed by atoms with Gasteiger partial charge in [0, 0.05) is 12.5 Å². The van der Waals surface area contributed by atoms with Crippen LogP contribution in [0.15, 0.2) is 18.2 Å². The highest BCUT2D eigenvalue weighted by molar-refractivity contribution is 5.36. The van der Waals surface area contributed by atoms with Crippen molar-refractivity contribution in [1.82, 2.24) is 0 Å². The van der Waals surface area contributed by atoms with E-state index in [1.807, 2.05) is 0 Å². The van der Waals surface area contributed by atoms with E-state index in [2.05, 4.69) is 25.1 Å². The van der Waals surface area contributed by atoms with Crippen molar-refractivity contribution in [1.29, 1.82) is 0 Å². The number of aliphatic hydroxyl groups excluding tert-OH is 1. The molecule has 0 fully saturated rings. The maximum absolute atomic E-state index is 9.23. The lowest BCUT2D eigenvalue weighted by atomic mass is 9.82. The molecule has 0 heterocycles. The van der Waals surface area contributed by atoms with E-state index in [4.69, 9.17) is 0 Å². The van der Waals surface area contributed by atoms with Crippen molar-refractivity contribution < 1.29 is 5.11 Å². The Morgan fingerprint density at radius 2 is 2.31 bits per heavy atom. The van der Waals surface area contributed by atoms with Crippen LogP contribution in [0.2, 0.25) is 0 Å². The van der Waals surface area contributed by atoms with E-state index in [9.17, 15) is 5.11 Å². The largest absolute Gasteiger partial charge is 0.396 e. The molecule has 0 aliphatic heterocycles. The molecule has 0 amide bonds. The fraction of sp³-hybridized carbons (Fsp3) is 0.500. The Kier molecular flexibility index (Phi) is 2.36. The molecule has 0 spiro atoms. The molecule has 1 aromatic carbocycles. The second kappa shape index (κ2) is 3.51. The number of hydrogen-bond acceptors (Lipinski definition) is 1.